The second-order valence-corrected chi connectivity index (χ2v) is 5.59. The molecule has 1 saturated heterocycles. The molecular weight excluding hydrogens is 328 g/mol. The number of amides is 1. The van der Waals surface area contributed by atoms with E-state index in [1.165, 1.54) is 0 Å². The molecule has 1 heterocycles. The summed E-state index contributed by atoms with van der Waals surface area (Å²) < 4.78 is 5.91. The highest BCUT2D eigenvalue weighted by Gasteiger charge is 2.40. The minimum atomic E-state index is -1.13. The van der Waals surface area contributed by atoms with Gasteiger partial charge < -0.3 is 20.9 Å². The van der Waals surface area contributed by atoms with Gasteiger partial charge in [-0.2, -0.15) is 0 Å². The summed E-state index contributed by atoms with van der Waals surface area (Å²) in [5, 5.41) is 12.5. The number of benzene rings is 1. The third-order valence-electron chi connectivity index (χ3n) is 3.38. The minimum Gasteiger partial charge on any atom is -0.480 e. The number of primary amides is 1. The first-order chi connectivity index (χ1) is 9.44. The second-order valence-electron chi connectivity index (χ2n) is 4.68. The van der Waals surface area contributed by atoms with Crippen molar-refractivity contribution in [1.29, 1.82) is 0 Å². The molecule has 1 fully saturated rings. The summed E-state index contributed by atoms with van der Waals surface area (Å²) in [4.78, 5) is 23.1. The number of carbonyl (C=O) groups is 2. The summed E-state index contributed by atoms with van der Waals surface area (Å²) >= 11 is 3.26. The number of anilines is 1. The molecule has 1 aliphatic rings. The summed E-state index contributed by atoms with van der Waals surface area (Å²) in [5.74, 6) is -1.57. The van der Waals surface area contributed by atoms with Gasteiger partial charge in [-0.05, 0) is 18.2 Å². The fourth-order valence-corrected chi connectivity index (χ4v) is 2.56. The Kier molecular flexibility index (Phi) is 4.29. The summed E-state index contributed by atoms with van der Waals surface area (Å²) in [5.41, 5.74) is 4.88. The quantitative estimate of drug-likeness (QED) is 0.771. The van der Waals surface area contributed by atoms with E-state index in [1.54, 1.807) is 18.2 Å². The normalized spacial score (nSPS) is 17.4. The van der Waals surface area contributed by atoms with Gasteiger partial charge in [-0.1, -0.05) is 15.9 Å². The molecule has 6 nitrogen and oxygen atoms in total. The van der Waals surface area contributed by atoms with Gasteiger partial charge in [0.1, 0.15) is 5.54 Å². The van der Waals surface area contributed by atoms with E-state index in [-0.39, 0.29) is 5.56 Å². The SMILES string of the molecule is NC(=O)c1cc(Br)ccc1NC1(C(=O)O)CCOCC1. The number of carboxylic acids is 1. The Morgan fingerprint density at radius 1 is 1.35 bits per heavy atom. The van der Waals surface area contributed by atoms with E-state index >= 15 is 0 Å². The van der Waals surface area contributed by atoms with Gasteiger partial charge in [0, 0.05) is 36.2 Å². The Hall–Kier alpha value is -1.60. The average molecular weight is 343 g/mol. The lowest BCUT2D eigenvalue weighted by Crippen LogP contribution is -2.50. The Morgan fingerprint density at radius 3 is 2.55 bits per heavy atom. The van der Waals surface area contributed by atoms with Crippen molar-refractivity contribution >= 4 is 33.5 Å². The summed E-state index contributed by atoms with van der Waals surface area (Å²) in [6, 6.07) is 4.94. The van der Waals surface area contributed by atoms with Crippen LogP contribution in [-0.4, -0.2) is 35.7 Å². The molecule has 108 valence electrons. The van der Waals surface area contributed by atoms with Crippen LogP contribution in [0.2, 0.25) is 0 Å². The molecule has 1 aliphatic heterocycles. The van der Waals surface area contributed by atoms with Crippen LogP contribution in [0.15, 0.2) is 22.7 Å². The molecule has 4 N–H and O–H groups in total. The van der Waals surface area contributed by atoms with Crippen LogP contribution in [0.3, 0.4) is 0 Å². The molecule has 7 heteroatoms. The van der Waals surface area contributed by atoms with Crippen molar-refractivity contribution in [3.63, 3.8) is 0 Å². The first kappa shape index (κ1) is 14.8. The van der Waals surface area contributed by atoms with Gasteiger partial charge in [0.15, 0.2) is 0 Å². The number of carbonyl (C=O) groups excluding carboxylic acids is 1. The van der Waals surface area contributed by atoms with Crippen LogP contribution >= 0.6 is 15.9 Å². The van der Waals surface area contributed by atoms with Crippen LogP contribution in [0.25, 0.3) is 0 Å². The third kappa shape index (κ3) is 2.94. The number of ether oxygens (including phenoxy) is 1. The lowest BCUT2D eigenvalue weighted by Gasteiger charge is -2.35. The topological polar surface area (TPSA) is 102 Å². The standard InChI is InChI=1S/C13H15BrN2O4/c14-8-1-2-10(9(7-8)11(15)17)16-13(12(18)19)3-5-20-6-4-13/h1-2,7,16H,3-6H2,(H2,15,17)(H,18,19). The Balaban J connectivity index is 2.36. The zero-order chi connectivity index (χ0) is 14.8. The van der Waals surface area contributed by atoms with Crippen molar-refractivity contribution in [3.05, 3.63) is 28.2 Å². The molecule has 0 aliphatic carbocycles. The molecule has 1 aromatic carbocycles. The molecule has 20 heavy (non-hydrogen) atoms. The van der Waals surface area contributed by atoms with E-state index < -0.39 is 17.4 Å². The molecule has 0 radical (unpaired) electrons. The predicted molar refractivity (Wildman–Crippen MR) is 76.7 cm³/mol. The van der Waals surface area contributed by atoms with E-state index in [0.717, 1.165) is 0 Å². The van der Waals surface area contributed by atoms with Gasteiger partial charge in [-0.15, -0.1) is 0 Å². The average Bonchev–Trinajstić information content (AvgIpc) is 2.41. The predicted octanol–water partition coefficient (Wildman–Crippen LogP) is 1.59. The Bertz CT molecular complexity index is 541. The molecule has 1 aromatic rings. The molecule has 0 bridgehead atoms. The summed E-state index contributed by atoms with van der Waals surface area (Å²) in [6.45, 7) is 0.726. The fraction of sp³-hybridized carbons (Fsp3) is 0.385. The zero-order valence-corrected chi connectivity index (χ0v) is 12.3. The molecule has 2 rings (SSSR count). The van der Waals surface area contributed by atoms with E-state index in [1.807, 2.05) is 0 Å². The van der Waals surface area contributed by atoms with Crippen LogP contribution in [0, 0.1) is 0 Å². The van der Waals surface area contributed by atoms with Gasteiger partial charge in [-0.3, -0.25) is 4.79 Å². The second kappa shape index (κ2) is 5.80. The Labute approximate surface area is 124 Å². The largest absolute Gasteiger partial charge is 0.480 e. The monoisotopic (exact) mass is 342 g/mol. The summed E-state index contributed by atoms with van der Waals surface area (Å²) in [6.07, 6.45) is 0.660. The first-order valence-electron chi connectivity index (χ1n) is 6.13. The third-order valence-corrected chi connectivity index (χ3v) is 3.87. The van der Waals surface area contributed by atoms with Gasteiger partial charge in [0.05, 0.1) is 5.56 Å². The van der Waals surface area contributed by atoms with Crippen molar-refractivity contribution in [2.45, 2.75) is 18.4 Å². The highest BCUT2D eigenvalue weighted by molar-refractivity contribution is 9.10. The van der Waals surface area contributed by atoms with Crippen molar-refractivity contribution in [2.75, 3.05) is 18.5 Å². The van der Waals surface area contributed by atoms with Gasteiger partial charge >= 0.3 is 5.97 Å². The molecule has 0 unspecified atom stereocenters. The van der Waals surface area contributed by atoms with Crippen LogP contribution < -0.4 is 11.1 Å². The van der Waals surface area contributed by atoms with Gasteiger partial charge in [0.2, 0.25) is 0 Å². The fourth-order valence-electron chi connectivity index (χ4n) is 2.20. The van der Waals surface area contributed by atoms with Crippen molar-refractivity contribution in [3.8, 4) is 0 Å². The van der Waals surface area contributed by atoms with Gasteiger partial charge in [0.25, 0.3) is 5.91 Å². The molecule has 0 spiro atoms. The lowest BCUT2D eigenvalue weighted by atomic mass is 9.89. The number of hydrogen-bond donors (Lipinski definition) is 3. The van der Waals surface area contributed by atoms with Gasteiger partial charge in [-0.25, -0.2) is 4.79 Å². The zero-order valence-electron chi connectivity index (χ0n) is 10.7. The van der Waals surface area contributed by atoms with E-state index in [4.69, 9.17) is 10.5 Å². The highest BCUT2D eigenvalue weighted by Crippen LogP contribution is 2.29. The molecule has 0 atom stereocenters. The minimum absolute atomic E-state index is 0.256. The first-order valence-corrected chi connectivity index (χ1v) is 6.93. The summed E-state index contributed by atoms with van der Waals surface area (Å²) in [7, 11) is 0. The number of aliphatic carboxylic acids is 1. The lowest BCUT2D eigenvalue weighted by molar-refractivity contribution is -0.145. The molecular formula is C13H15BrN2O4. The van der Waals surface area contributed by atoms with Crippen LogP contribution in [-0.2, 0) is 9.53 Å². The van der Waals surface area contributed by atoms with E-state index in [2.05, 4.69) is 21.2 Å². The van der Waals surface area contributed by atoms with Crippen LogP contribution in [0.4, 0.5) is 5.69 Å². The maximum Gasteiger partial charge on any atom is 0.329 e. The maximum atomic E-state index is 11.6. The molecule has 0 saturated carbocycles. The van der Waals surface area contributed by atoms with Crippen molar-refractivity contribution in [1.82, 2.24) is 0 Å². The van der Waals surface area contributed by atoms with Crippen LogP contribution in [0.1, 0.15) is 23.2 Å². The number of rotatable bonds is 4. The van der Waals surface area contributed by atoms with E-state index in [9.17, 15) is 14.7 Å². The number of halogens is 1. The Morgan fingerprint density at radius 2 is 2.00 bits per heavy atom. The number of hydrogen-bond acceptors (Lipinski definition) is 4. The molecule has 0 aromatic heterocycles. The highest BCUT2D eigenvalue weighted by atomic mass is 79.9. The number of nitrogens with one attached hydrogen (secondary N) is 1. The van der Waals surface area contributed by atoms with Crippen molar-refractivity contribution < 1.29 is 19.4 Å². The van der Waals surface area contributed by atoms with E-state index in [0.29, 0.717) is 36.2 Å². The van der Waals surface area contributed by atoms with Crippen LogP contribution in [0.5, 0.6) is 0 Å². The number of carboxylic acid groups (broad SMARTS) is 1. The smallest absolute Gasteiger partial charge is 0.329 e. The molecule has 1 amide bonds. The maximum absolute atomic E-state index is 11.6. The van der Waals surface area contributed by atoms with Crippen molar-refractivity contribution in [2.24, 2.45) is 5.73 Å². The number of nitrogens with two attached hydrogens (primary N) is 1.